The third-order valence-corrected chi connectivity index (χ3v) is 5.33. The number of aromatic nitrogens is 1. The number of aliphatic imine (C=N–C) groups is 1. The molecule has 2 rings (SSSR count). The molecule has 0 aliphatic heterocycles. The van der Waals surface area contributed by atoms with E-state index in [-0.39, 0.29) is 0 Å². The molecule has 1 N–H and O–H groups in total. The van der Waals surface area contributed by atoms with E-state index in [0.717, 1.165) is 53.2 Å². The van der Waals surface area contributed by atoms with Crippen molar-refractivity contribution in [2.24, 2.45) is 4.99 Å². The van der Waals surface area contributed by atoms with E-state index < -0.39 is 0 Å². The van der Waals surface area contributed by atoms with Crippen LogP contribution in [-0.2, 0) is 13.0 Å². The monoisotopic (exact) mass is 390 g/mol. The van der Waals surface area contributed by atoms with Gasteiger partial charge in [-0.3, -0.25) is 4.99 Å². The average molecular weight is 391 g/mol. The Balaban J connectivity index is 2.07. The van der Waals surface area contributed by atoms with Crippen LogP contribution in [0.4, 0.5) is 0 Å². The number of nitrogens with one attached hydrogen (secondary N) is 1. The number of guanidine groups is 1. The first kappa shape index (κ1) is 21.0. The molecule has 2 aromatic rings. The molecule has 0 spiro atoms. The lowest BCUT2D eigenvalue weighted by molar-refractivity contribution is 0.382. The minimum atomic E-state index is 0.692. The fourth-order valence-corrected chi connectivity index (χ4v) is 3.78. The zero-order valence-electron chi connectivity index (χ0n) is 17.1. The zero-order chi connectivity index (χ0) is 19.8. The van der Waals surface area contributed by atoms with Crippen LogP contribution in [0.1, 0.15) is 28.1 Å². The Bertz CT molecular complexity index is 773. The summed E-state index contributed by atoms with van der Waals surface area (Å²) in [7, 11) is 5.37. The van der Waals surface area contributed by atoms with Crippen LogP contribution >= 0.6 is 11.3 Å². The summed E-state index contributed by atoms with van der Waals surface area (Å²) in [6, 6.07) is 5.88. The summed E-state index contributed by atoms with van der Waals surface area (Å²) >= 11 is 1.76. The van der Waals surface area contributed by atoms with Crippen LogP contribution in [-0.4, -0.2) is 50.2 Å². The molecule has 6 nitrogen and oxygen atoms in total. The molecule has 0 saturated carbocycles. The molecule has 7 heteroatoms. The van der Waals surface area contributed by atoms with Gasteiger partial charge in [0.25, 0.3) is 0 Å². The largest absolute Gasteiger partial charge is 0.497 e. The second kappa shape index (κ2) is 10.2. The highest BCUT2D eigenvalue weighted by Gasteiger charge is 2.12. The molecule has 1 aromatic heterocycles. The summed E-state index contributed by atoms with van der Waals surface area (Å²) in [6.07, 6.45) is 0.909. The molecule has 0 unspecified atom stereocenters. The third-order valence-electron chi connectivity index (χ3n) is 4.20. The maximum atomic E-state index is 5.51. The van der Waals surface area contributed by atoms with Gasteiger partial charge in [0.05, 0.1) is 24.9 Å². The summed E-state index contributed by atoms with van der Waals surface area (Å²) < 4.78 is 10.8. The Morgan fingerprint density at radius 3 is 2.63 bits per heavy atom. The molecule has 0 atom stereocenters. The van der Waals surface area contributed by atoms with Crippen molar-refractivity contribution in [2.75, 3.05) is 34.4 Å². The standard InChI is InChI=1S/C20H30N4O2S/c1-7-21-20(22-11-10-19-14(2)23-15(3)27-19)24(4)13-16-8-9-17(25-5)12-18(16)26-6/h8-9,12H,7,10-11,13H2,1-6H3,(H,21,22). The van der Waals surface area contributed by atoms with Gasteiger partial charge in [-0.05, 0) is 32.9 Å². The molecule has 148 valence electrons. The number of nitrogens with zero attached hydrogens (tertiary/aromatic N) is 3. The van der Waals surface area contributed by atoms with Crippen LogP contribution in [0, 0.1) is 13.8 Å². The number of aryl methyl sites for hydroxylation is 2. The van der Waals surface area contributed by atoms with Gasteiger partial charge in [-0.25, -0.2) is 4.98 Å². The summed E-state index contributed by atoms with van der Waals surface area (Å²) in [5.41, 5.74) is 2.20. The van der Waals surface area contributed by atoms with Crippen LogP contribution in [0.5, 0.6) is 11.5 Å². The Kier molecular flexibility index (Phi) is 7.91. The van der Waals surface area contributed by atoms with Crippen molar-refractivity contribution < 1.29 is 9.47 Å². The molecular formula is C20H30N4O2S. The van der Waals surface area contributed by atoms with E-state index in [2.05, 4.69) is 29.0 Å². The smallest absolute Gasteiger partial charge is 0.193 e. The van der Waals surface area contributed by atoms with Crippen molar-refractivity contribution in [1.29, 1.82) is 0 Å². The van der Waals surface area contributed by atoms with Gasteiger partial charge in [0.15, 0.2) is 5.96 Å². The maximum absolute atomic E-state index is 5.51. The number of hydrogen-bond donors (Lipinski definition) is 1. The van der Waals surface area contributed by atoms with Crippen LogP contribution in [0.3, 0.4) is 0 Å². The molecule has 1 heterocycles. The fourth-order valence-electron chi connectivity index (χ4n) is 2.85. The minimum Gasteiger partial charge on any atom is -0.497 e. The quantitative estimate of drug-likeness (QED) is 0.553. The Labute approximate surface area is 166 Å². The number of hydrogen-bond acceptors (Lipinski definition) is 5. The van der Waals surface area contributed by atoms with Crippen molar-refractivity contribution in [2.45, 2.75) is 33.7 Å². The van der Waals surface area contributed by atoms with Gasteiger partial charge in [0.1, 0.15) is 11.5 Å². The molecule has 0 amide bonds. The van der Waals surface area contributed by atoms with Crippen LogP contribution in [0.15, 0.2) is 23.2 Å². The van der Waals surface area contributed by atoms with E-state index in [4.69, 9.17) is 14.5 Å². The van der Waals surface area contributed by atoms with Crippen LogP contribution in [0.2, 0.25) is 0 Å². The lowest BCUT2D eigenvalue weighted by Crippen LogP contribution is -2.38. The van der Waals surface area contributed by atoms with Crippen molar-refractivity contribution in [1.82, 2.24) is 15.2 Å². The van der Waals surface area contributed by atoms with Gasteiger partial charge in [-0.1, -0.05) is 0 Å². The van der Waals surface area contributed by atoms with Gasteiger partial charge in [0.2, 0.25) is 0 Å². The Morgan fingerprint density at radius 2 is 2.04 bits per heavy atom. The molecule has 0 bridgehead atoms. The third kappa shape index (κ3) is 5.85. The van der Waals surface area contributed by atoms with Crippen LogP contribution < -0.4 is 14.8 Å². The highest BCUT2D eigenvalue weighted by Crippen LogP contribution is 2.25. The van der Waals surface area contributed by atoms with E-state index in [1.807, 2.05) is 32.2 Å². The molecule has 0 radical (unpaired) electrons. The van der Waals surface area contributed by atoms with E-state index in [1.165, 1.54) is 4.88 Å². The Hall–Kier alpha value is -2.28. The molecule has 0 fully saturated rings. The molecule has 27 heavy (non-hydrogen) atoms. The van der Waals surface area contributed by atoms with Gasteiger partial charge in [-0.2, -0.15) is 0 Å². The highest BCUT2D eigenvalue weighted by molar-refractivity contribution is 7.11. The lowest BCUT2D eigenvalue weighted by atomic mass is 10.2. The first-order valence-corrected chi connectivity index (χ1v) is 9.93. The first-order chi connectivity index (χ1) is 13.0. The van der Waals surface area contributed by atoms with Crippen molar-refractivity contribution in [3.63, 3.8) is 0 Å². The summed E-state index contributed by atoms with van der Waals surface area (Å²) in [5.74, 6) is 2.48. The number of thiazole rings is 1. The summed E-state index contributed by atoms with van der Waals surface area (Å²) in [6.45, 7) is 8.43. The predicted octanol–water partition coefficient (Wildman–Crippen LogP) is 3.42. The second-order valence-electron chi connectivity index (χ2n) is 6.26. The van der Waals surface area contributed by atoms with Crippen molar-refractivity contribution in [3.8, 4) is 11.5 Å². The zero-order valence-corrected chi connectivity index (χ0v) is 17.9. The van der Waals surface area contributed by atoms with Gasteiger partial charge < -0.3 is 19.7 Å². The van der Waals surface area contributed by atoms with E-state index in [1.54, 1.807) is 25.6 Å². The van der Waals surface area contributed by atoms with E-state index >= 15 is 0 Å². The first-order valence-electron chi connectivity index (χ1n) is 9.11. The molecule has 0 aliphatic rings. The van der Waals surface area contributed by atoms with Gasteiger partial charge >= 0.3 is 0 Å². The molecule has 0 aliphatic carbocycles. The van der Waals surface area contributed by atoms with Crippen molar-refractivity contribution >= 4 is 17.3 Å². The number of ether oxygens (including phenoxy) is 2. The molecule has 0 saturated heterocycles. The minimum absolute atomic E-state index is 0.692. The second-order valence-corrected chi connectivity index (χ2v) is 7.55. The SMILES string of the molecule is CCNC(=NCCc1sc(C)nc1C)N(C)Cc1ccc(OC)cc1OC. The average Bonchev–Trinajstić information content (AvgIpc) is 2.98. The van der Waals surface area contributed by atoms with E-state index in [9.17, 15) is 0 Å². The van der Waals surface area contributed by atoms with Crippen molar-refractivity contribution in [3.05, 3.63) is 39.3 Å². The maximum Gasteiger partial charge on any atom is 0.193 e. The summed E-state index contributed by atoms with van der Waals surface area (Å²) in [4.78, 5) is 12.7. The fraction of sp³-hybridized carbons (Fsp3) is 0.500. The van der Waals surface area contributed by atoms with Gasteiger partial charge in [-0.15, -0.1) is 11.3 Å². The normalized spacial score (nSPS) is 11.4. The number of benzene rings is 1. The topological polar surface area (TPSA) is 59.0 Å². The lowest BCUT2D eigenvalue weighted by Gasteiger charge is -2.23. The number of methoxy groups -OCH3 is 2. The highest BCUT2D eigenvalue weighted by atomic mass is 32.1. The number of rotatable bonds is 8. The Morgan fingerprint density at radius 1 is 1.26 bits per heavy atom. The molecular weight excluding hydrogens is 360 g/mol. The van der Waals surface area contributed by atoms with Crippen LogP contribution in [0.25, 0.3) is 0 Å². The molecule has 1 aromatic carbocycles. The van der Waals surface area contributed by atoms with E-state index in [0.29, 0.717) is 6.54 Å². The predicted molar refractivity (Wildman–Crippen MR) is 112 cm³/mol. The van der Waals surface area contributed by atoms with Gasteiger partial charge in [0, 0.05) is 49.6 Å². The summed E-state index contributed by atoms with van der Waals surface area (Å²) in [5, 5.41) is 4.48.